The van der Waals surface area contributed by atoms with Crippen LogP contribution >= 0.6 is 0 Å². The summed E-state index contributed by atoms with van der Waals surface area (Å²) >= 11 is 0. The van der Waals surface area contributed by atoms with Crippen LogP contribution in [0.4, 0.5) is 18.0 Å². The van der Waals surface area contributed by atoms with E-state index in [1.807, 2.05) is 0 Å². The fourth-order valence-corrected chi connectivity index (χ4v) is 7.78. The monoisotopic (exact) mass is 528 g/mol. The Morgan fingerprint density at radius 1 is 1.19 bits per heavy atom. The highest BCUT2D eigenvalue weighted by molar-refractivity contribution is 6.01. The van der Waals surface area contributed by atoms with E-state index < -0.39 is 82.5 Å². The minimum Gasteiger partial charge on any atom is -0.431 e. The van der Waals surface area contributed by atoms with Crippen molar-refractivity contribution in [3.8, 4) is 0 Å². The van der Waals surface area contributed by atoms with Crippen LogP contribution in [0.2, 0.25) is 0 Å². The van der Waals surface area contributed by atoms with Crippen molar-refractivity contribution in [2.24, 2.45) is 28.6 Å². The Morgan fingerprint density at radius 3 is 2.43 bits per heavy atom. The van der Waals surface area contributed by atoms with E-state index in [0.29, 0.717) is 0 Å². The zero-order chi connectivity index (χ0) is 27.8. The molecule has 4 aliphatic rings. The Bertz CT molecular complexity index is 1070. The number of hydrogen-bond donors (Lipinski definition) is 1. The zero-order valence-electron chi connectivity index (χ0n) is 22.0. The van der Waals surface area contributed by atoms with E-state index in [1.54, 1.807) is 34.6 Å². The molecule has 4 rings (SSSR count). The number of esters is 1. The maximum absolute atomic E-state index is 17.3. The third kappa shape index (κ3) is 3.68. The van der Waals surface area contributed by atoms with Gasteiger partial charge in [0.2, 0.25) is 12.5 Å². The van der Waals surface area contributed by atoms with E-state index >= 15 is 8.78 Å². The van der Waals surface area contributed by atoms with Gasteiger partial charge in [-0.2, -0.15) is 0 Å². The molecule has 0 amide bonds. The van der Waals surface area contributed by atoms with Crippen molar-refractivity contribution in [3.63, 3.8) is 0 Å². The van der Waals surface area contributed by atoms with Gasteiger partial charge in [-0.1, -0.05) is 19.9 Å². The number of rotatable bonds is 3. The predicted molar refractivity (Wildman–Crippen MR) is 125 cm³/mol. The molecule has 0 aromatic carbocycles. The SMILES string of the molecule is C[C@@H]1C[C@H]2[C@@H]3C[C@H](F)C4=CC(=O)C=C[C@]4(C)C3(F)[C@@H](O)C[C@]2(C)[C@]1(OC(=O)OC(C)(C)C)C(=O)OCF. The van der Waals surface area contributed by atoms with Crippen LogP contribution in [0.3, 0.4) is 0 Å². The number of allylic oxidation sites excluding steroid dienone is 4. The van der Waals surface area contributed by atoms with Crippen LogP contribution in [0.1, 0.15) is 60.8 Å². The molecule has 0 radical (unpaired) electrons. The number of ether oxygens (including phenoxy) is 3. The van der Waals surface area contributed by atoms with E-state index in [0.717, 1.165) is 6.08 Å². The lowest BCUT2D eigenvalue weighted by molar-refractivity contribution is -0.236. The number of ketones is 1. The summed E-state index contributed by atoms with van der Waals surface area (Å²) in [6.07, 6.45) is -1.60. The van der Waals surface area contributed by atoms with Crippen molar-refractivity contribution in [1.82, 2.24) is 0 Å². The molecule has 0 aromatic rings. The number of halogens is 3. The highest BCUT2D eigenvalue weighted by Gasteiger charge is 2.79. The van der Waals surface area contributed by atoms with Gasteiger partial charge in [0.25, 0.3) is 0 Å². The van der Waals surface area contributed by atoms with Crippen LogP contribution in [0, 0.1) is 28.6 Å². The summed E-state index contributed by atoms with van der Waals surface area (Å²) in [7, 11) is 0. The highest BCUT2D eigenvalue weighted by atomic mass is 19.1. The summed E-state index contributed by atoms with van der Waals surface area (Å²) in [6.45, 7) is 7.94. The van der Waals surface area contributed by atoms with Crippen LogP contribution in [0.15, 0.2) is 23.8 Å². The van der Waals surface area contributed by atoms with Gasteiger partial charge < -0.3 is 19.3 Å². The standard InChI is InChI=1S/C27H35F3O7/c1-14-9-16-17-11-19(29)18-10-15(31)7-8-24(18,5)26(17,30)20(32)12-25(16,6)27(14,21(33)35-13-28)37-22(34)36-23(2,3)4/h7-8,10,14,16-17,19-20,32H,9,11-13H2,1-6H3/t14-,16+,17+,19+,20+,24+,25+,26?,27-/m1/s1. The lowest BCUT2D eigenvalue weighted by Gasteiger charge is -2.62. The zero-order valence-corrected chi connectivity index (χ0v) is 22.0. The van der Waals surface area contributed by atoms with Crippen molar-refractivity contribution >= 4 is 17.9 Å². The summed E-state index contributed by atoms with van der Waals surface area (Å²) in [6, 6.07) is 0. The quantitative estimate of drug-likeness (QED) is 0.530. The largest absolute Gasteiger partial charge is 0.509 e. The third-order valence-corrected chi connectivity index (χ3v) is 9.29. The molecule has 10 heteroatoms. The normalized spacial score (nSPS) is 44.8. The van der Waals surface area contributed by atoms with Gasteiger partial charge in [-0.05, 0) is 70.6 Å². The summed E-state index contributed by atoms with van der Waals surface area (Å²) in [4.78, 5) is 38.2. The second-order valence-electron chi connectivity index (χ2n) is 12.3. The smallest absolute Gasteiger partial charge is 0.431 e. The van der Waals surface area contributed by atoms with Gasteiger partial charge in [0.15, 0.2) is 11.5 Å². The summed E-state index contributed by atoms with van der Waals surface area (Å²) in [5.41, 5.74) is -8.55. The number of alkyl halides is 3. The van der Waals surface area contributed by atoms with Gasteiger partial charge in [-0.25, -0.2) is 22.8 Å². The predicted octanol–water partition coefficient (Wildman–Crippen LogP) is 4.71. The second kappa shape index (κ2) is 8.58. The number of fused-ring (bicyclic) bond motifs is 5. The number of aliphatic hydroxyl groups is 1. The molecule has 0 bridgehead atoms. The van der Waals surface area contributed by atoms with Crippen LogP contribution < -0.4 is 0 Å². The van der Waals surface area contributed by atoms with Gasteiger partial charge >= 0.3 is 12.1 Å². The maximum atomic E-state index is 17.3. The molecule has 0 spiro atoms. The van der Waals surface area contributed by atoms with Gasteiger partial charge in [0.05, 0.1) is 6.10 Å². The average Bonchev–Trinajstić information content (AvgIpc) is 2.98. The van der Waals surface area contributed by atoms with E-state index in [9.17, 15) is 23.9 Å². The Kier molecular flexibility index (Phi) is 6.41. The van der Waals surface area contributed by atoms with Crippen molar-refractivity contribution < 1.29 is 46.9 Å². The molecule has 0 saturated heterocycles. The van der Waals surface area contributed by atoms with Crippen molar-refractivity contribution in [2.45, 2.75) is 90.0 Å². The molecule has 3 saturated carbocycles. The van der Waals surface area contributed by atoms with E-state index in [-0.39, 0.29) is 24.8 Å². The summed E-state index contributed by atoms with van der Waals surface area (Å²) in [5.74, 6) is -4.29. The fraction of sp³-hybridized carbons (Fsp3) is 0.741. The average molecular weight is 529 g/mol. The molecule has 1 unspecified atom stereocenters. The van der Waals surface area contributed by atoms with Gasteiger partial charge in [0, 0.05) is 22.7 Å². The first-order valence-electron chi connectivity index (χ1n) is 12.6. The lowest BCUT2D eigenvalue weighted by Crippen LogP contribution is -2.71. The molecule has 206 valence electrons. The first-order valence-corrected chi connectivity index (χ1v) is 12.6. The molecule has 0 aromatic heterocycles. The highest BCUT2D eigenvalue weighted by Crippen LogP contribution is 2.71. The molecule has 3 fully saturated rings. The molecule has 37 heavy (non-hydrogen) atoms. The summed E-state index contributed by atoms with van der Waals surface area (Å²) < 4.78 is 61.9. The molecule has 0 aliphatic heterocycles. The second-order valence-corrected chi connectivity index (χ2v) is 12.3. The number of aliphatic hydroxyl groups excluding tert-OH is 1. The number of carbonyl (C=O) groups excluding carboxylic acids is 3. The lowest BCUT2D eigenvalue weighted by atomic mass is 9.44. The molecule has 4 aliphatic carbocycles. The maximum Gasteiger partial charge on any atom is 0.509 e. The van der Waals surface area contributed by atoms with Gasteiger partial charge in [-0.15, -0.1) is 0 Å². The van der Waals surface area contributed by atoms with Crippen LogP contribution in [-0.4, -0.2) is 59.0 Å². The van der Waals surface area contributed by atoms with Crippen LogP contribution in [0.5, 0.6) is 0 Å². The van der Waals surface area contributed by atoms with E-state index in [1.165, 1.54) is 19.1 Å². The van der Waals surface area contributed by atoms with Crippen molar-refractivity contribution in [1.29, 1.82) is 0 Å². The number of hydrogen-bond acceptors (Lipinski definition) is 7. The summed E-state index contributed by atoms with van der Waals surface area (Å²) in [5, 5.41) is 11.4. The molecular formula is C27H35F3O7. The Morgan fingerprint density at radius 2 is 1.84 bits per heavy atom. The molecule has 1 N–H and O–H groups in total. The first-order chi connectivity index (χ1) is 17.0. The molecule has 9 atom stereocenters. The molecule has 7 nitrogen and oxygen atoms in total. The van der Waals surface area contributed by atoms with E-state index in [4.69, 9.17) is 14.2 Å². The van der Waals surface area contributed by atoms with Crippen molar-refractivity contribution in [2.75, 3.05) is 6.86 Å². The first kappa shape index (κ1) is 27.7. The van der Waals surface area contributed by atoms with Crippen LogP contribution in [0.25, 0.3) is 0 Å². The van der Waals surface area contributed by atoms with Crippen molar-refractivity contribution in [3.05, 3.63) is 23.8 Å². The number of carbonyl (C=O) groups is 3. The van der Waals surface area contributed by atoms with E-state index in [2.05, 4.69) is 0 Å². The topological polar surface area (TPSA) is 99.1 Å². The minimum absolute atomic E-state index is 0.0273. The molecule has 0 heterocycles. The van der Waals surface area contributed by atoms with Gasteiger partial charge in [0.1, 0.15) is 11.8 Å². The van der Waals surface area contributed by atoms with Crippen LogP contribution in [-0.2, 0) is 23.8 Å². The molecular weight excluding hydrogens is 493 g/mol. The van der Waals surface area contributed by atoms with Gasteiger partial charge in [-0.3, -0.25) is 4.79 Å². The Labute approximate surface area is 214 Å². The third-order valence-electron chi connectivity index (χ3n) is 9.29. The Hall–Kier alpha value is -2.36. The Balaban J connectivity index is 1.84. The fourth-order valence-electron chi connectivity index (χ4n) is 7.78. The minimum atomic E-state index is -2.38.